The number of H-pyrrole nitrogens is 1. The van der Waals surface area contributed by atoms with Gasteiger partial charge in [-0.1, -0.05) is 12.1 Å². The molecule has 6 heteroatoms. The second kappa shape index (κ2) is 7.60. The van der Waals surface area contributed by atoms with Crippen LogP contribution in [-0.2, 0) is 0 Å². The van der Waals surface area contributed by atoms with Crippen molar-refractivity contribution in [3.8, 4) is 0 Å². The summed E-state index contributed by atoms with van der Waals surface area (Å²) in [6, 6.07) is 8.54. The molecule has 0 unspecified atom stereocenters. The SMILES string of the molecule is CC(C)N1CCC(N2CCC(n3c(=O)[nH]c4ccccc4c3=O)CC2)CC1. The third kappa shape index (κ3) is 3.60. The van der Waals surface area contributed by atoms with Crippen molar-refractivity contribution in [3.63, 3.8) is 0 Å². The van der Waals surface area contributed by atoms with E-state index in [1.54, 1.807) is 12.1 Å². The molecule has 0 atom stereocenters. The van der Waals surface area contributed by atoms with Crippen LogP contribution in [0, 0.1) is 0 Å². The van der Waals surface area contributed by atoms with Gasteiger partial charge < -0.3 is 14.8 Å². The van der Waals surface area contributed by atoms with E-state index in [0.717, 1.165) is 25.9 Å². The molecule has 4 rings (SSSR count). The van der Waals surface area contributed by atoms with Gasteiger partial charge >= 0.3 is 5.69 Å². The van der Waals surface area contributed by atoms with Crippen LogP contribution in [0.5, 0.6) is 0 Å². The summed E-state index contributed by atoms with van der Waals surface area (Å²) < 4.78 is 1.46. The van der Waals surface area contributed by atoms with Crippen molar-refractivity contribution in [2.75, 3.05) is 26.2 Å². The van der Waals surface area contributed by atoms with Gasteiger partial charge in [0.1, 0.15) is 0 Å². The highest BCUT2D eigenvalue weighted by Gasteiger charge is 2.30. The summed E-state index contributed by atoms with van der Waals surface area (Å²) in [7, 11) is 0. The molecule has 0 bridgehead atoms. The number of piperidine rings is 2. The number of nitrogens with zero attached hydrogens (tertiary/aromatic N) is 3. The molecule has 2 aliphatic heterocycles. The van der Waals surface area contributed by atoms with Crippen molar-refractivity contribution in [2.45, 2.75) is 57.7 Å². The lowest BCUT2D eigenvalue weighted by Gasteiger charge is -2.42. The molecule has 0 aliphatic carbocycles. The first-order valence-corrected chi connectivity index (χ1v) is 10.3. The van der Waals surface area contributed by atoms with Gasteiger partial charge in [0.05, 0.1) is 10.9 Å². The summed E-state index contributed by atoms with van der Waals surface area (Å²) in [5, 5.41) is 0.598. The molecule has 2 aromatic rings. The van der Waals surface area contributed by atoms with Crippen molar-refractivity contribution in [1.29, 1.82) is 0 Å². The van der Waals surface area contributed by atoms with Crippen molar-refractivity contribution in [2.24, 2.45) is 0 Å². The van der Waals surface area contributed by atoms with Crippen molar-refractivity contribution < 1.29 is 0 Å². The molecule has 0 amide bonds. The minimum absolute atomic E-state index is 0.00198. The van der Waals surface area contributed by atoms with E-state index >= 15 is 0 Å². The van der Waals surface area contributed by atoms with Gasteiger partial charge in [-0.3, -0.25) is 9.36 Å². The number of aromatic nitrogens is 2. The summed E-state index contributed by atoms with van der Waals surface area (Å²) in [6.45, 7) is 8.82. The van der Waals surface area contributed by atoms with E-state index in [2.05, 4.69) is 28.6 Å². The van der Waals surface area contributed by atoms with Crippen LogP contribution < -0.4 is 11.2 Å². The van der Waals surface area contributed by atoms with Gasteiger partial charge in [0.2, 0.25) is 0 Å². The van der Waals surface area contributed by atoms with Gasteiger partial charge in [-0.25, -0.2) is 4.79 Å². The fourth-order valence-corrected chi connectivity index (χ4v) is 4.78. The highest BCUT2D eigenvalue weighted by molar-refractivity contribution is 5.76. The van der Waals surface area contributed by atoms with Crippen LogP contribution in [0.3, 0.4) is 0 Å². The zero-order valence-electron chi connectivity index (χ0n) is 16.4. The van der Waals surface area contributed by atoms with Gasteiger partial charge in [0.15, 0.2) is 0 Å². The Morgan fingerprint density at radius 1 is 0.926 bits per heavy atom. The molecule has 1 N–H and O–H groups in total. The summed E-state index contributed by atoms with van der Waals surface area (Å²) in [5.41, 5.74) is 0.193. The molecule has 0 radical (unpaired) electrons. The Kier molecular flexibility index (Phi) is 5.19. The minimum atomic E-state index is -0.276. The van der Waals surface area contributed by atoms with Crippen molar-refractivity contribution in [1.82, 2.24) is 19.4 Å². The number of hydrogen-bond donors (Lipinski definition) is 1. The Bertz CT molecular complexity index is 900. The summed E-state index contributed by atoms with van der Waals surface area (Å²) in [4.78, 5) is 33.4. The monoisotopic (exact) mass is 370 g/mol. The first kappa shape index (κ1) is 18.4. The Labute approximate surface area is 159 Å². The first-order valence-electron chi connectivity index (χ1n) is 10.3. The fourth-order valence-electron chi connectivity index (χ4n) is 4.78. The third-order valence-corrected chi connectivity index (χ3v) is 6.45. The second-order valence-corrected chi connectivity index (χ2v) is 8.28. The third-order valence-electron chi connectivity index (χ3n) is 6.45. The molecule has 2 aliphatic rings. The lowest BCUT2D eigenvalue weighted by atomic mass is 9.97. The maximum atomic E-state index is 12.9. The van der Waals surface area contributed by atoms with Crippen LogP contribution in [0.4, 0.5) is 0 Å². The van der Waals surface area contributed by atoms with Crippen LogP contribution in [0.15, 0.2) is 33.9 Å². The zero-order chi connectivity index (χ0) is 19.0. The van der Waals surface area contributed by atoms with Gasteiger partial charge in [-0.05, 0) is 64.8 Å². The predicted molar refractivity (Wildman–Crippen MR) is 108 cm³/mol. The highest BCUT2D eigenvalue weighted by atomic mass is 16.2. The standard InChI is InChI=1S/C21H30N4O2/c1-15(2)23-11-7-16(8-12-23)24-13-9-17(10-14-24)25-20(26)18-5-3-4-6-19(18)22-21(25)27/h3-6,15-17H,7-14H2,1-2H3,(H,22,27). The minimum Gasteiger partial charge on any atom is -0.307 e. The van der Waals surface area contributed by atoms with E-state index in [-0.39, 0.29) is 17.3 Å². The largest absolute Gasteiger partial charge is 0.329 e. The van der Waals surface area contributed by atoms with Crippen molar-refractivity contribution in [3.05, 3.63) is 45.1 Å². The van der Waals surface area contributed by atoms with E-state index in [1.165, 1.54) is 30.5 Å². The van der Waals surface area contributed by atoms with Gasteiger partial charge in [-0.15, -0.1) is 0 Å². The van der Waals surface area contributed by atoms with Gasteiger partial charge in [-0.2, -0.15) is 0 Å². The van der Waals surface area contributed by atoms with Crippen LogP contribution in [0.1, 0.15) is 45.6 Å². The maximum Gasteiger partial charge on any atom is 0.329 e. The summed E-state index contributed by atoms with van der Waals surface area (Å²) in [6.07, 6.45) is 4.18. The lowest BCUT2D eigenvalue weighted by Crippen LogP contribution is -2.50. The molecule has 0 saturated carbocycles. The fraction of sp³-hybridized carbons (Fsp3) is 0.619. The normalized spacial score (nSPS) is 21.3. The molecule has 146 valence electrons. The molecule has 6 nitrogen and oxygen atoms in total. The Morgan fingerprint density at radius 3 is 2.22 bits per heavy atom. The van der Waals surface area contributed by atoms with Crippen molar-refractivity contribution >= 4 is 10.9 Å². The molecular weight excluding hydrogens is 340 g/mol. The first-order chi connectivity index (χ1) is 13.0. The lowest BCUT2D eigenvalue weighted by molar-refractivity contribution is 0.0678. The van der Waals surface area contributed by atoms with Crippen LogP contribution in [0.25, 0.3) is 10.9 Å². The smallest absolute Gasteiger partial charge is 0.307 e. The highest BCUT2D eigenvalue weighted by Crippen LogP contribution is 2.26. The molecule has 1 aromatic heterocycles. The molecule has 2 fully saturated rings. The average Bonchev–Trinajstić information content (AvgIpc) is 2.68. The van der Waals surface area contributed by atoms with E-state index in [1.807, 2.05) is 12.1 Å². The number of para-hydroxylation sites is 1. The van der Waals surface area contributed by atoms with E-state index in [0.29, 0.717) is 23.0 Å². The molecule has 0 spiro atoms. The molecular formula is C21H30N4O2. The van der Waals surface area contributed by atoms with Crippen LogP contribution >= 0.6 is 0 Å². The van der Waals surface area contributed by atoms with E-state index in [4.69, 9.17) is 0 Å². The number of aromatic amines is 1. The molecule has 1 aromatic carbocycles. The Balaban J connectivity index is 1.45. The predicted octanol–water partition coefficient (Wildman–Crippen LogP) is 2.20. The number of benzene rings is 1. The zero-order valence-corrected chi connectivity index (χ0v) is 16.4. The van der Waals surface area contributed by atoms with E-state index < -0.39 is 0 Å². The van der Waals surface area contributed by atoms with E-state index in [9.17, 15) is 9.59 Å². The van der Waals surface area contributed by atoms with Gasteiger partial charge in [0, 0.05) is 31.2 Å². The quantitative estimate of drug-likeness (QED) is 0.900. The number of fused-ring (bicyclic) bond motifs is 1. The second-order valence-electron chi connectivity index (χ2n) is 8.28. The Morgan fingerprint density at radius 2 is 1.56 bits per heavy atom. The Hall–Kier alpha value is -1.92. The number of rotatable bonds is 3. The van der Waals surface area contributed by atoms with Crippen LogP contribution in [0.2, 0.25) is 0 Å². The maximum absolute atomic E-state index is 12.9. The molecule has 27 heavy (non-hydrogen) atoms. The topological polar surface area (TPSA) is 61.3 Å². The summed E-state index contributed by atoms with van der Waals surface area (Å²) >= 11 is 0. The number of nitrogens with one attached hydrogen (secondary N) is 1. The van der Waals surface area contributed by atoms with Crippen LogP contribution in [-0.4, -0.2) is 57.6 Å². The number of hydrogen-bond acceptors (Lipinski definition) is 4. The average molecular weight is 370 g/mol. The summed E-state index contributed by atoms with van der Waals surface area (Å²) in [5.74, 6) is 0. The van der Waals surface area contributed by atoms with Gasteiger partial charge in [0.25, 0.3) is 5.56 Å². The molecule has 2 saturated heterocycles. The number of likely N-dealkylation sites (tertiary alicyclic amines) is 2. The molecule has 3 heterocycles.